The van der Waals surface area contributed by atoms with Gasteiger partial charge in [-0.05, 0) is 25.3 Å². The van der Waals surface area contributed by atoms with Crippen LogP contribution in [-0.4, -0.2) is 22.7 Å². The molecule has 3 heteroatoms. The maximum atomic E-state index is 9.28. The first-order chi connectivity index (χ1) is 7.22. The Morgan fingerprint density at radius 1 is 1.53 bits per heavy atom. The molecule has 1 saturated heterocycles. The van der Waals surface area contributed by atoms with Crippen molar-refractivity contribution in [3.63, 3.8) is 0 Å². The summed E-state index contributed by atoms with van der Waals surface area (Å²) in [5, 5.41) is 9.28. The number of hydrogen-bond donors (Lipinski definition) is 1. The van der Waals surface area contributed by atoms with Gasteiger partial charge in [0.1, 0.15) is 0 Å². The molecule has 0 aromatic carbocycles. The Kier molecular flexibility index (Phi) is 2.91. The topological polar surface area (TPSA) is 36.4 Å². The van der Waals surface area contributed by atoms with E-state index in [0.29, 0.717) is 6.04 Å². The molecular weight excluding hydrogens is 188 g/mol. The van der Waals surface area contributed by atoms with Crippen LogP contribution in [0.15, 0.2) is 18.5 Å². The Labute approximate surface area is 90.8 Å². The minimum Gasteiger partial charge on any atom is -0.392 e. The molecule has 0 aliphatic carbocycles. The summed E-state index contributed by atoms with van der Waals surface area (Å²) in [6.07, 6.45) is 4.82. The number of rotatable bonds is 2. The number of anilines is 1. The van der Waals surface area contributed by atoms with Gasteiger partial charge < -0.3 is 10.0 Å². The third-order valence-corrected chi connectivity index (χ3v) is 3.15. The minimum atomic E-state index is 0.0927. The van der Waals surface area contributed by atoms with Crippen LogP contribution >= 0.6 is 0 Å². The first kappa shape index (κ1) is 10.4. The van der Waals surface area contributed by atoms with Crippen LogP contribution in [0.3, 0.4) is 0 Å². The van der Waals surface area contributed by atoms with E-state index in [9.17, 15) is 5.11 Å². The highest BCUT2D eigenvalue weighted by atomic mass is 16.3. The summed E-state index contributed by atoms with van der Waals surface area (Å²) in [7, 11) is 0. The van der Waals surface area contributed by atoms with Crippen molar-refractivity contribution in [1.82, 2.24) is 4.98 Å². The van der Waals surface area contributed by atoms with Gasteiger partial charge in [0.15, 0.2) is 0 Å². The van der Waals surface area contributed by atoms with Gasteiger partial charge in [-0.2, -0.15) is 0 Å². The van der Waals surface area contributed by atoms with E-state index in [4.69, 9.17) is 0 Å². The Hall–Kier alpha value is -1.09. The van der Waals surface area contributed by atoms with Gasteiger partial charge in [0.05, 0.1) is 18.5 Å². The van der Waals surface area contributed by atoms with Crippen molar-refractivity contribution in [2.45, 2.75) is 32.9 Å². The second-order valence-corrected chi connectivity index (χ2v) is 4.50. The number of pyridine rings is 1. The first-order valence-corrected chi connectivity index (χ1v) is 5.52. The Balaban J connectivity index is 2.29. The minimum absolute atomic E-state index is 0.0927. The lowest BCUT2D eigenvalue weighted by Crippen LogP contribution is -2.27. The Bertz CT molecular complexity index is 340. The summed E-state index contributed by atoms with van der Waals surface area (Å²) in [5.74, 6) is 0.728. The molecule has 2 atom stereocenters. The zero-order valence-corrected chi connectivity index (χ0v) is 9.35. The largest absolute Gasteiger partial charge is 0.392 e. The Morgan fingerprint density at radius 2 is 2.33 bits per heavy atom. The van der Waals surface area contributed by atoms with Crippen molar-refractivity contribution in [1.29, 1.82) is 0 Å². The molecule has 1 aliphatic heterocycles. The smallest absolute Gasteiger partial charge is 0.0703 e. The van der Waals surface area contributed by atoms with Gasteiger partial charge in [-0.3, -0.25) is 4.98 Å². The van der Waals surface area contributed by atoms with Crippen molar-refractivity contribution in [2.75, 3.05) is 11.4 Å². The Morgan fingerprint density at radius 3 is 2.93 bits per heavy atom. The molecule has 0 spiro atoms. The predicted molar refractivity (Wildman–Crippen MR) is 60.7 cm³/mol. The van der Waals surface area contributed by atoms with Gasteiger partial charge in [0.25, 0.3) is 0 Å². The van der Waals surface area contributed by atoms with E-state index in [1.54, 1.807) is 6.20 Å². The van der Waals surface area contributed by atoms with Gasteiger partial charge in [0.2, 0.25) is 0 Å². The van der Waals surface area contributed by atoms with Crippen LogP contribution in [0.5, 0.6) is 0 Å². The standard InChI is InChI=1S/C12H18N2O/c1-9-5-10(2)14(7-9)12-6-13-4-3-11(12)8-15/h3-4,6,9-10,15H,5,7-8H2,1-2H3. The molecule has 1 aromatic rings. The quantitative estimate of drug-likeness (QED) is 0.801. The van der Waals surface area contributed by atoms with E-state index in [2.05, 4.69) is 23.7 Å². The average Bonchev–Trinajstić information content (AvgIpc) is 2.57. The average molecular weight is 206 g/mol. The van der Waals surface area contributed by atoms with Gasteiger partial charge in [0, 0.05) is 24.3 Å². The van der Waals surface area contributed by atoms with Crippen LogP contribution in [0.4, 0.5) is 5.69 Å². The fourth-order valence-corrected chi connectivity index (χ4v) is 2.44. The van der Waals surface area contributed by atoms with Crippen molar-refractivity contribution >= 4 is 5.69 Å². The lowest BCUT2D eigenvalue weighted by atomic mass is 10.1. The number of hydrogen-bond acceptors (Lipinski definition) is 3. The lowest BCUT2D eigenvalue weighted by molar-refractivity contribution is 0.282. The maximum absolute atomic E-state index is 9.28. The monoisotopic (exact) mass is 206 g/mol. The molecule has 3 nitrogen and oxygen atoms in total. The summed E-state index contributed by atoms with van der Waals surface area (Å²) in [6, 6.07) is 2.44. The summed E-state index contributed by atoms with van der Waals surface area (Å²) in [5.41, 5.74) is 2.07. The molecule has 0 bridgehead atoms. The first-order valence-electron chi connectivity index (χ1n) is 5.52. The molecule has 1 fully saturated rings. The van der Waals surface area contributed by atoms with Crippen molar-refractivity contribution in [2.24, 2.45) is 5.92 Å². The molecule has 1 N–H and O–H groups in total. The highest BCUT2D eigenvalue weighted by molar-refractivity contribution is 5.53. The maximum Gasteiger partial charge on any atom is 0.0703 e. The van der Waals surface area contributed by atoms with E-state index < -0.39 is 0 Å². The normalized spacial score (nSPS) is 25.9. The van der Waals surface area contributed by atoms with E-state index in [1.807, 2.05) is 12.3 Å². The summed E-state index contributed by atoms with van der Waals surface area (Å²) >= 11 is 0. The molecule has 2 unspecified atom stereocenters. The van der Waals surface area contributed by atoms with Crippen molar-refractivity contribution in [3.05, 3.63) is 24.0 Å². The summed E-state index contributed by atoms with van der Waals surface area (Å²) < 4.78 is 0. The summed E-state index contributed by atoms with van der Waals surface area (Å²) in [6.45, 7) is 5.67. The second kappa shape index (κ2) is 4.19. The number of aliphatic hydroxyl groups is 1. The van der Waals surface area contributed by atoms with Gasteiger partial charge in [-0.15, -0.1) is 0 Å². The van der Waals surface area contributed by atoms with Crippen LogP contribution in [0.25, 0.3) is 0 Å². The summed E-state index contributed by atoms with van der Waals surface area (Å²) in [4.78, 5) is 6.49. The number of aliphatic hydroxyl groups excluding tert-OH is 1. The zero-order chi connectivity index (χ0) is 10.8. The molecule has 15 heavy (non-hydrogen) atoms. The zero-order valence-electron chi connectivity index (χ0n) is 9.35. The fraction of sp³-hybridized carbons (Fsp3) is 0.583. The molecule has 2 heterocycles. The van der Waals surface area contributed by atoms with Crippen LogP contribution in [0, 0.1) is 5.92 Å². The van der Waals surface area contributed by atoms with E-state index in [0.717, 1.165) is 23.7 Å². The number of aromatic nitrogens is 1. The molecule has 0 amide bonds. The molecule has 1 aromatic heterocycles. The van der Waals surface area contributed by atoms with Gasteiger partial charge in [-0.25, -0.2) is 0 Å². The van der Waals surface area contributed by atoms with Crippen LogP contribution in [-0.2, 0) is 6.61 Å². The SMILES string of the molecule is CC1CC(C)N(c2cnccc2CO)C1. The highest BCUT2D eigenvalue weighted by Gasteiger charge is 2.27. The fourth-order valence-electron chi connectivity index (χ4n) is 2.44. The lowest BCUT2D eigenvalue weighted by Gasteiger charge is -2.25. The third kappa shape index (κ3) is 1.97. The third-order valence-electron chi connectivity index (χ3n) is 3.15. The van der Waals surface area contributed by atoms with Crippen LogP contribution in [0.1, 0.15) is 25.8 Å². The molecular formula is C12H18N2O. The van der Waals surface area contributed by atoms with E-state index in [-0.39, 0.29) is 6.61 Å². The highest BCUT2D eigenvalue weighted by Crippen LogP contribution is 2.30. The molecule has 82 valence electrons. The van der Waals surface area contributed by atoms with Gasteiger partial charge >= 0.3 is 0 Å². The van der Waals surface area contributed by atoms with Crippen LogP contribution in [0.2, 0.25) is 0 Å². The van der Waals surface area contributed by atoms with Crippen molar-refractivity contribution < 1.29 is 5.11 Å². The van der Waals surface area contributed by atoms with E-state index >= 15 is 0 Å². The second-order valence-electron chi connectivity index (χ2n) is 4.50. The number of nitrogens with zero attached hydrogens (tertiary/aromatic N) is 2. The van der Waals surface area contributed by atoms with Gasteiger partial charge in [-0.1, -0.05) is 6.92 Å². The molecule has 2 rings (SSSR count). The van der Waals surface area contributed by atoms with E-state index in [1.165, 1.54) is 6.42 Å². The molecule has 0 radical (unpaired) electrons. The molecule has 1 aliphatic rings. The molecule has 0 saturated carbocycles. The van der Waals surface area contributed by atoms with Crippen LogP contribution < -0.4 is 4.90 Å². The predicted octanol–water partition coefficient (Wildman–Crippen LogP) is 1.81. The van der Waals surface area contributed by atoms with Crippen molar-refractivity contribution in [3.8, 4) is 0 Å².